The van der Waals surface area contributed by atoms with Crippen molar-refractivity contribution in [1.82, 2.24) is 4.90 Å². The molecule has 1 aromatic carbocycles. The highest BCUT2D eigenvalue weighted by molar-refractivity contribution is 5.67. The molecule has 0 bridgehead atoms. The molecule has 1 fully saturated rings. The molecule has 1 N–H and O–H groups in total. The Hall–Kier alpha value is -1.55. The summed E-state index contributed by atoms with van der Waals surface area (Å²) in [5.41, 5.74) is 2.38. The van der Waals surface area contributed by atoms with E-state index >= 15 is 0 Å². The second-order valence-electron chi connectivity index (χ2n) is 6.35. The van der Waals surface area contributed by atoms with Gasteiger partial charge in [-0.15, -0.1) is 0 Å². The predicted octanol–water partition coefficient (Wildman–Crippen LogP) is 3.26. The second kappa shape index (κ2) is 8.18. The number of benzene rings is 1. The predicted molar refractivity (Wildman–Crippen MR) is 87.4 cm³/mol. The van der Waals surface area contributed by atoms with E-state index in [4.69, 9.17) is 9.84 Å². The first kappa shape index (κ1) is 16.8. The van der Waals surface area contributed by atoms with Crippen LogP contribution in [0.4, 0.5) is 0 Å². The Morgan fingerprint density at radius 3 is 2.91 bits per heavy atom. The molecule has 0 spiro atoms. The van der Waals surface area contributed by atoms with Crippen LogP contribution in [-0.2, 0) is 4.79 Å². The van der Waals surface area contributed by atoms with Crippen molar-refractivity contribution in [3.05, 3.63) is 29.3 Å². The summed E-state index contributed by atoms with van der Waals surface area (Å²) in [5, 5.41) is 8.91. The van der Waals surface area contributed by atoms with E-state index in [1.54, 1.807) is 0 Å². The first-order chi connectivity index (χ1) is 10.5. The molecule has 1 aromatic rings. The SMILES string of the molecule is Cc1ccc(C)c(OCCN2CCC[C@H](CC(=O)O)CC2)c1. The molecule has 0 saturated carbocycles. The van der Waals surface area contributed by atoms with E-state index in [0.717, 1.165) is 44.6 Å². The van der Waals surface area contributed by atoms with E-state index in [2.05, 4.69) is 36.9 Å². The molecule has 1 aliphatic heterocycles. The average molecular weight is 305 g/mol. The van der Waals surface area contributed by atoms with Gasteiger partial charge in [-0.05, 0) is 69.3 Å². The topological polar surface area (TPSA) is 49.8 Å². The van der Waals surface area contributed by atoms with Gasteiger partial charge in [0, 0.05) is 13.0 Å². The normalized spacial score (nSPS) is 19.6. The standard InChI is InChI=1S/C18H27NO3/c1-14-5-6-15(2)17(12-14)22-11-10-19-8-3-4-16(7-9-19)13-18(20)21/h5-6,12,16H,3-4,7-11,13H2,1-2H3,(H,20,21)/t16-/m0/s1. The summed E-state index contributed by atoms with van der Waals surface area (Å²) in [6.45, 7) is 7.77. The van der Waals surface area contributed by atoms with Gasteiger partial charge in [0.2, 0.25) is 0 Å². The number of hydrogen-bond acceptors (Lipinski definition) is 3. The van der Waals surface area contributed by atoms with Gasteiger partial charge in [0.25, 0.3) is 0 Å². The number of likely N-dealkylation sites (tertiary alicyclic amines) is 1. The number of ether oxygens (including phenoxy) is 1. The summed E-state index contributed by atoms with van der Waals surface area (Å²) in [6.07, 6.45) is 3.41. The van der Waals surface area contributed by atoms with E-state index in [1.807, 2.05) is 0 Å². The molecular formula is C18H27NO3. The summed E-state index contributed by atoms with van der Waals surface area (Å²) in [7, 11) is 0. The van der Waals surface area contributed by atoms with Crippen LogP contribution in [0.25, 0.3) is 0 Å². The molecule has 0 aliphatic carbocycles. The molecule has 2 rings (SSSR count). The lowest BCUT2D eigenvalue weighted by Gasteiger charge is -2.20. The van der Waals surface area contributed by atoms with Gasteiger partial charge in [0.1, 0.15) is 12.4 Å². The second-order valence-corrected chi connectivity index (χ2v) is 6.35. The highest BCUT2D eigenvalue weighted by Crippen LogP contribution is 2.21. The molecule has 1 saturated heterocycles. The van der Waals surface area contributed by atoms with Gasteiger partial charge >= 0.3 is 5.97 Å². The van der Waals surface area contributed by atoms with E-state index < -0.39 is 5.97 Å². The zero-order valence-electron chi connectivity index (χ0n) is 13.7. The molecule has 4 heteroatoms. The van der Waals surface area contributed by atoms with E-state index in [1.165, 1.54) is 11.1 Å². The number of carboxylic acid groups (broad SMARTS) is 1. The molecular weight excluding hydrogens is 278 g/mol. The van der Waals surface area contributed by atoms with Crippen molar-refractivity contribution in [2.75, 3.05) is 26.2 Å². The van der Waals surface area contributed by atoms with Crippen LogP contribution in [0.15, 0.2) is 18.2 Å². The highest BCUT2D eigenvalue weighted by atomic mass is 16.5. The fraction of sp³-hybridized carbons (Fsp3) is 0.611. The minimum absolute atomic E-state index is 0.312. The van der Waals surface area contributed by atoms with Gasteiger partial charge in [0.15, 0.2) is 0 Å². The lowest BCUT2D eigenvalue weighted by atomic mass is 9.97. The summed E-state index contributed by atoms with van der Waals surface area (Å²) in [5.74, 6) is 0.637. The monoisotopic (exact) mass is 305 g/mol. The maximum Gasteiger partial charge on any atom is 0.303 e. The smallest absolute Gasteiger partial charge is 0.303 e. The van der Waals surface area contributed by atoms with Crippen LogP contribution in [0.5, 0.6) is 5.75 Å². The Balaban J connectivity index is 1.75. The summed E-state index contributed by atoms with van der Waals surface area (Å²) in [4.78, 5) is 13.2. The lowest BCUT2D eigenvalue weighted by molar-refractivity contribution is -0.138. The van der Waals surface area contributed by atoms with Crippen molar-refractivity contribution < 1.29 is 14.6 Å². The molecule has 0 aromatic heterocycles. The average Bonchev–Trinajstić information content (AvgIpc) is 2.68. The number of carbonyl (C=O) groups is 1. The number of rotatable bonds is 6. The number of aliphatic carboxylic acids is 1. The Morgan fingerprint density at radius 1 is 1.32 bits per heavy atom. The van der Waals surface area contributed by atoms with Gasteiger partial charge in [-0.2, -0.15) is 0 Å². The molecule has 22 heavy (non-hydrogen) atoms. The van der Waals surface area contributed by atoms with Crippen molar-refractivity contribution in [2.45, 2.75) is 39.5 Å². The van der Waals surface area contributed by atoms with Crippen LogP contribution in [0.3, 0.4) is 0 Å². The van der Waals surface area contributed by atoms with Crippen LogP contribution in [0, 0.1) is 19.8 Å². The fourth-order valence-corrected chi connectivity index (χ4v) is 3.05. The van der Waals surface area contributed by atoms with Gasteiger partial charge < -0.3 is 9.84 Å². The van der Waals surface area contributed by atoms with Crippen molar-refractivity contribution in [3.8, 4) is 5.75 Å². The Morgan fingerprint density at radius 2 is 2.14 bits per heavy atom. The molecule has 0 unspecified atom stereocenters. The molecule has 4 nitrogen and oxygen atoms in total. The van der Waals surface area contributed by atoms with Crippen LogP contribution in [0.1, 0.15) is 36.8 Å². The van der Waals surface area contributed by atoms with Gasteiger partial charge in [-0.25, -0.2) is 0 Å². The van der Waals surface area contributed by atoms with Crippen LogP contribution >= 0.6 is 0 Å². The first-order valence-corrected chi connectivity index (χ1v) is 8.19. The van der Waals surface area contributed by atoms with Gasteiger partial charge in [0.05, 0.1) is 0 Å². The number of nitrogens with zero attached hydrogens (tertiary/aromatic N) is 1. The third kappa shape index (κ3) is 5.34. The number of hydrogen-bond donors (Lipinski definition) is 1. The molecule has 1 aliphatic rings. The zero-order chi connectivity index (χ0) is 15.9. The Labute approximate surface area is 133 Å². The quantitative estimate of drug-likeness (QED) is 0.876. The summed E-state index contributed by atoms with van der Waals surface area (Å²) >= 11 is 0. The van der Waals surface area contributed by atoms with Crippen LogP contribution in [-0.4, -0.2) is 42.2 Å². The van der Waals surface area contributed by atoms with Gasteiger partial charge in [-0.3, -0.25) is 9.69 Å². The minimum atomic E-state index is -0.670. The van der Waals surface area contributed by atoms with Crippen LogP contribution in [0.2, 0.25) is 0 Å². The third-order valence-electron chi connectivity index (χ3n) is 4.41. The summed E-state index contributed by atoms with van der Waals surface area (Å²) < 4.78 is 5.92. The maximum atomic E-state index is 10.8. The highest BCUT2D eigenvalue weighted by Gasteiger charge is 2.19. The summed E-state index contributed by atoms with van der Waals surface area (Å²) in [6, 6.07) is 6.27. The van der Waals surface area contributed by atoms with Crippen LogP contribution < -0.4 is 4.74 Å². The largest absolute Gasteiger partial charge is 0.492 e. The molecule has 1 heterocycles. The van der Waals surface area contributed by atoms with E-state index in [9.17, 15) is 4.79 Å². The van der Waals surface area contributed by atoms with Crippen molar-refractivity contribution in [1.29, 1.82) is 0 Å². The Kier molecular flexibility index (Phi) is 6.25. The first-order valence-electron chi connectivity index (χ1n) is 8.19. The third-order valence-corrected chi connectivity index (χ3v) is 4.41. The molecule has 1 atom stereocenters. The van der Waals surface area contributed by atoms with Gasteiger partial charge in [-0.1, -0.05) is 12.1 Å². The molecule has 0 radical (unpaired) electrons. The molecule has 122 valence electrons. The zero-order valence-corrected chi connectivity index (χ0v) is 13.7. The maximum absolute atomic E-state index is 10.8. The van der Waals surface area contributed by atoms with E-state index in [-0.39, 0.29) is 0 Å². The number of carboxylic acids is 1. The number of aryl methyl sites for hydroxylation is 2. The lowest BCUT2D eigenvalue weighted by Crippen LogP contribution is -2.29. The van der Waals surface area contributed by atoms with Crippen molar-refractivity contribution >= 4 is 5.97 Å². The van der Waals surface area contributed by atoms with E-state index in [0.29, 0.717) is 18.9 Å². The van der Waals surface area contributed by atoms with Crippen molar-refractivity contribution in [3.63, 3.8) is 0 Å². The molecule has 0 amide bonds. The Bertz CT molecular complexity index is 501. The fourth-order valence-electron chi connectivity index (χ4n) is 3.05. The minimum Gasteiger partial charge on any atom is -0.492 e. The van der Waals surface area contributed by atoms with Crippen molar-refractivity contribution in [2.24, 2.45) is 5.92 Å².